The summed E-state index contributed by atoms with van der Waals surface area (Å²) in [6.07, 6.45) is 6.56. The Morgan fingerprint density at radius 2 is 2.00 bits per heavy atom. The largest absolute Gasteiger partial charge is 0.493 e. The van der Waals surface area contributed by atoms with Crippen molar-refractivity contribution in [3.05, 3.63) is 91.7 Å². The summed E-state index contributed by atoms with van der Waals surface area (Å²) in [4.78, 5) is 31.1. The van der Waals surface area contributed by atoms with Crippen LogP contribution in [0.3, 0.4) is 0 Å². The highest BCUT2D eigenvalue weighted by Crippen LogP contribution is 2.35. The summed E-state index contributed by atoms with van der Waals surface area (Å²) in [7, 11) is 1.45. The second-order valence-corrected chi connectivity index (χ2v) is 11.1. The van der Waals surface area contributed by atoms with Crippen LogP contribution in [0.5, 0.6) is 11.5 Å². The smallest absolute Gasteiger partial charge is 0.282 e. The fourth-order valence-corrected chi connectivity index (χ4v) is 5.49. The van der Waals surface area contributed by atoms with Crippen LogP contribution in [0.1, 0.15) is 49.4 Å². The molecule has 1 fully saturated rings. The van der Waals surface area contributed by atoms with Gasteiger partial charge >= 0.3 is 0 Å². The third kappa shape index (κ3) is 6.77. The van der Waals surface area contributed by atoms with Crippen molar-refractivity contribution in [3.8, 4) is 11.5 Å². The van der Waals surface area contributed by atoms with Gasteiger partial charge in [0.05, 0.1) is 24.2 Å². The van der Waals surface area contributed by atoms with E-state index in [4.69, 9.17) is 26.1 Å². The number of aromatic nitrogens is 2. The number of hydrogen-bond donors (Lipinski definition) is 1. The van der Waals surface area contributed by atoms with Crippen molar-refractivity contribution in [3.63, 3.8) is 0 Å². The Morgan fingerprint density at radius 1 is 1.20 bits per heavy atom. The summed E-state index contributed by atoms with van der Waals surface area (Å²) < 4.78 is 26.9. The fourth-order valence-electron chi connectivity index (χ4n) is 4.91. The van der Waals surface area contributed by atoms with Gasteiger partial charge in [0.15, 0.2) is 18.1 Å². The molecule has 0 radical (unpaired) electrons. The third-order valence-electron chi connectivity index (χ3n) is 6.84. The van der Waals surface area contributed by atoms with Crippen molar-refractivity contribution in [2.45, 2.75) is 38.0 Å². The number of anilines is 1. The SMILES string of the molecule is COc1cc(Cl)cc(C=Nn2c(C3CCCCC3)nc3ccc(Br)cc3c2=O)c1OCC(=O)Nc1cccc(F)c1. The van der Waals surface area contributed by atoms with Gasteiger partial charge in [-0.05, 0) is 55.3 Å². The van der Waals surface area contributed by atoms with Crippen molar-refractivity contribution in [2.75, 3.05) is 19.0 Å². The number of hydrogen-bond acceptors (Lipinski definition) is 6. The molecule has 41 heavy (non-hydrogen) atoms. The molecule has 1 aliphatic rings. The lowest BCUT2D eigenvalue weighted by molar-refractivity contribution is -0.118. The monoisotopic (exact) mass is 640 g/mol. The molecule has 0 spiro atoms. The molecule has 8 nitrogen and oxygen atoms in total. The van der Waals surface area contributed by atoms with Gasteiger partial charge in [-0.2, -0.15) is 9.78 Å². The number of rotatable bonds is 8. The van der Waals surface area contributed by atoms with Crippen LogP contribution >= 0.6 is 27.5 Å². The highest BCUT2D eigenvalue weighted by atomic mass is 79.9. The number of nitrogens with one attached hydrogen (secondary N) is 1. The molecule has 1 amide bonds. The number of halogens is 3. The first-order valence-electron chi connectivity index (χ1n) is 13.1. The lowest BCUT2D eigenvalue weighted by Gasteiger charge is -2.23. The Labute approximate surface area is 249 Å². The van der Waals surface area contributed by atoms with Crippen molar-refractivity contribution in [2.24, 2.45) is 5.10 Å². The Bertz CT molecular complexity index is 1690. The first-order chi connectivity index (χ1) is 19.8. The number of benzene rings is 3. The second kappa shape index (κ2) is 12.8. The molecular formula is C30H27BrClFN4O4. The van der Waals surface area contributed by atoms with Gasteiger partial charge in [0.1, 0.15) is 11.6 Å². The van der Waals surface area contributed by atoms with Crippen LogP contribution < -0.4 is 20.3 Å². The first kappa shape index (κ1) is 28.8. The summed E-state index contributed by atoms with van der Waals surface area (Å²) in [5, 5.41) is 7.95. The van der Waals surface area contributed by atoms with Gasteiger partial charge in [0.2, 0.25) is 0 Å². The molecule has 4 aromatic rings. The van der Waals surface area contributed by atoms with Gasteiger partial charge in [-0.25, -0.2) is 9.37 Å². The molecule has 3 aromatic carbocycles. The number of nitrogens with zero attached hydrogens (tertiary/aromatic N) is 3. The molecule has 5 rings (SSSR count). The van der Waals surface area contributed by atoms with Crippen molar-refractivity contribution >= 4 is 56.2 Å². The predicted molar refractivity (Wildman–Crippen MR) is 161 cm³/mol. The molecule has 0 aliphatic heterocycles. The molecule has 11 heteroatoms. The molecule has 1 aliphatic carbocycles. The van der Waals surface area contributed by atoms with E-state index in [1.165, 1.54) is 36.2 Å². The van der Waals surface area contributed by atoms with Gasteiger partial charge in [0.25, 0.3) is 11.5 Å². The van der Waals surface area contributed by atoms with Gasteiger partial charge in [-0.3, -0.25) is 9.59 Å². The Balaban J connectivity index is 1.50. The molecule has 1 aromatic heterocycles. The second-order valence-electron chi connectivity index (χ2n) is 9.70. The van der Waals surface area contributed by atoms with E-state index in [1.54, 1.807) is 24.3 Å². The van der Waals surface area contributed by atoms with Crippen LogP contribution in [0.25, 0.3) is 10.9 Å². The summed E-state index contributed by atoms with van der Waals surface area (Å²) in [6.45, 7) is -0.395. The van der Waals surface area contributed by atoms with Gasteiger partial charge in [-0.15, -0.1) is 0 Å². The van der Waals surface area contributed by atoms with Crippen LogP contribution in [0.4, 0.5) is 10.1 Å². The predicted octanol–water partition coefficient (Wildman–Crippen LogP) is 6.91. The van der Waals surface area contributed by atoms with E-state index in [-0.39, 0.29) is 23.0 Å². The van der Waals surface area contributed by atoms with E-state index in [9.17, 15) is 14.0 Å². The average Bonchev–Trinajstić information content (AvgIpc) is 2.96. The van der Waals surface area contributed by atoms with Crippen molar-refractivity contribution in [1.82, 2.24) is 9.66 Å². The van der Waals surface area contributed by atoms with E-state index in [1.807, 2.05) is 12.1 Å². The van der Waals surface area contributed by atoms with Gasteiger partial charge < -0.3 is 14.8 Å². The quantitative estimate of drug-likeness (QED) is 0.211. The van der Waals surface area contributed by atoms with E-state index in [2.05, 4.69) is 26.3 Å². The van der Waals surface area contributed by atoms with E-state index >= 15 is 0 Å². The Kier molecular flexibility index (Phi) is 8.99. The Hall–Kier alpha value is -3.76. The lowest BCUT2D eigenvalue weighted by Crippen LogP contribution is -2.25. The van der Waals surface area contributed by atoms with Gasteiger partial charge in [0, 0.05) is 32.7 Å². The standard InChI is InChI=1S/C30H27BrClFN4O4/c1-40-26-14-21(32)12-19(28(26)41-17-27(38)35-23-9-5-8-22(33)15-23)16-34-37-29(18-6-3-2-4-7-18)36-25-11-10-20(31)13-24(25)30(37)39/h5,8-16,18H,2-4,6-7,17H2,1H3,(H,35,38). The first-order valence-corrected chi connectivity index (χ1v) is 14.3. The normalized spacial score (nSPS) is 14.0. The topological polar surface area (TPSA) is 94.8 Å². The third-order valence-corrected chi connectivity index (χ3v) is 7.55. The Morgan fingerprint density at radius 3 is 2.76 bits per heavy atom. The average molecular weight is 642 g/mol. The fraction of sp³-hybridized carbons (Fsp3) is 0.267. The van der Waals surface area contributed by atoms with Crippen molar-refractivity contribution < 1.29 is 18.7 Å². The molecule has 0 atom stereocenters. The zero-order valence-electron chi connectivity index (χ0n) is 22.2. The molecule has 212 valence electrons. The van der Waals surface area contributed by atoms with E-state index < -0.39 is 18.3 Å². The van der Waals surface area contributed by atoms with Crippen LogP contribution in [-0.2, 0) is 4.79 Å². The minimum absolute atomic E-state index is 0.0952. The molecular weight excluding hydrogens is 615 g/mol. The summed E-state index contributed by atoms with van der Waals surface area (Å²) in [5.41, 5.74) is 1.01. The summed E-state index contributed by atoms with van der Waals surface area (Å²) in [6, 6.07) is 14.1. The summed E-state index contributed by atoms with van der Waals surface area (Å²) in [5.74, 6) is 0.205. The number of carbonyl (C=O) groups excluding carboxylic acids is 1. The maximum Gasteiger partial charge on any atom is 0.282 e. The number of methoxy groups -OCH3 is 1. The zero-order chi connectivity index (χ0) is 28.9. The number of carbonyl (C=O) groups is 1. The molecule has 0 saturated heterocycles. The zero-order valence-corrected chi connectivity index (χ0v) is 24.5. The molecule has 1 heterocycles. The lowest BCUT2D eigenvalue weighted by atomic mass is 9.88. The van der Waals surface area contributed by atoms with Crippen molar-refractivity contribution in [1.29, 1.82) is 0 Å². The minimum atomic E-state index is -0.504. The van der Waals surface area contributed by atoms with Crippen LogP contribution in [0.15, 0.2) is 69.0 Å². The highest BCUT2D eigenvalue weighted by molar-refractivity contribution is 9.10. The maximum atomic E-state index is 13.7. The molecule has 1 saturated carbocycles. The number of amides is 1. The molecule has 0 unspecified atom stereocenters. The van der Waals surface area contributed by atoms with Crippen LogP contribution in [-0.4, -0.2) is 35.5 Å². The van der Waals surface area contributed by atoms with E-state index in [0.29, 0.717) is 33.0 Å². The van der Waals surface area contributed by atoms with Crippen LogP contribution in [0.2, 0.25) is 5.02 Å². The number of ether oxygens (including phenoxy) is 2. The molecule has 0 bridgehead atoms. The molecule has 1 N–H and O–H groups in total. The highest BCUT2D eigenvalue weighted by Gasteiger charge is 2.23. The van der Waals surface area contributed by atoms with E-state index in [0.717, 1.165) is 36.6 Å². The summed E-state index contributed by atoms with van der Waals surface area (Å²) >= 11 is 9.79. The number of fused-ring (bicyclic) bond motifs is 1. The van der Waals surface area contributed by atoms with Crippen LogP contribution in [0, 0.1) is 5.82 Å². The van der Waals surface area contributed by atoms with Gasteiger partial charge in [-0.1, -0.05) is 52.9 Å². The minimum Gasteiger partial charge on any atom is -0.493 e. The maximum absolute atomic E-state index is 13.7.